The Morgan fingerprint density at radius 1 is 1.24 bits per heavy atom. The molecule has 4 rings (SSSR count). The van der Waals surface area contributed by atoms with Gasteiger partial charge in [-0.2, -0.15) is 0 Å². The van der Waals surface area contributed by atoms with Crippen LogP contribution in [0.25, 0.3) is 0 Å². The molecule has 0 bridgehead atoms. The number of nitrogens with zero attached hydrogens (tertiary/aromatic N) is 4. The van der Waals surface area contributed by atoms with E-state index in [1.165, 1.54) is 42.9 Å². The van der Waals surface area contributed by atoms with Gasteiger partial charge in [0.25, 0.3) is 0 Å². The lowest BCUT2D eigenvalue weighted by molar-refractivity contribution is 0.519. The number of aromatic nitrogens is 4. The van der Waals surface area contributed by atoms with Crippen molar-refractivity contribution in [2.75, 3.05) is 6.54 Å². The van der Waals surface area contributed by atoms with E-state index in [0.29, 0.717) is 0 Å². The van der Waals surface area contributed by atoms with E-state index in [4.69, 9.17) is 4.98 Å². The number of fused-ring (bicyclic) bond motifs is 1. The standard InChI is InChI=1S/C16H23N5/c1(8-20-10-7-18-12-20)2-9-21-15-5-6-17-11-14(15)19-16(21)13-3-4-13/h7,10,12-13,17H,1-6,8-9,11H2. The van der Waals surface area contributed by atoms with Crippen molar-refractivity contribution in [1.82, 2.24) is 24.4 Å². The minimum absolute atomic E-state index is 0.740. The highest BCUT2D eigenvalue weighted by Crippen LogP contribution is 2.40. The van der Waals surface area contributed by atoms with Crippen LogP contribution in [0.1, 0.15) is 48.8 Å². The van der Waals surface area contributed by atoms with Crippen molar-refractivity contribution < 1.29 is 0 Å². The maximum absolute atomic E-state index is 4.93. The highest BCUT2D eigenvalue weighted by atomic mass is 15.1. The summed E-state index contributed by atoms with van der Waals surface area (Å²) in [5.41, 5.74) is 2.80. The van der Waals surface area contributed by atoms with Crippen LogP contribution in [0.2, 0.25) is 0 Å². The molecule has 21 heavy (non-hydrogen) atoms. The van der Waals surface area contributed by atoms with E-state index < -0.39 is 0 Å². The third-order valence-electron chi connectivity index (χ3n) is 4.57. The van der Waals surface area contributed by atoms with Gasteiger partial charge in [0.05, 0.1) is 12.0 Å². The quantitative estimate of drug-likeness (QED) is 0.827. The Morgan fingerprint density at radius 2 is 2.14 bits per heavy atom. The van der Waals surface area contributed by atoms with Gasteiger partial charge in [-0.05, 0) is 25.7 Å². The Balaban J connectivity index is 1.42. The van der Waals surface area contributed by atoms with Crippen LogP contribution in [0.15, 0.2) is 18.7 Å². The highest BCUT2D eigenvalue weighted by Gasteiger charge is 2.31. The van der Waals surface area contributed by atoms with Gasteiger partial charge in [0.15, 0.2) is 0 Å². The topological polar surface area (TPSA) is 47.7 Å². The molecule has 2 aromatic rings. The SMILES string of the molecule is c1cn(CCCCn2c(C3CC3)nc3c2CCNC3)cn1. The highest BCUT2D eigenvalue weighted by molar-refractivity contribution is 5.24. The van der Waals surface area contributed by atoms with E-state index in [0.717, 1.165) is 38.5 Å². The molecule has 2 aromatic heterocycles. The second-order valence-corrected chi connectivity index (χ2v) is 6.22. The van der Waals surface area contributed by atoms with Crippen molar-refractivity contribution >= 4 is 0 Å². The minimum atomic E-state index is 0.740. The number of hydrogen-bond acceptors (Lipinski definition) is 3. The Morgan fingerprint density at radius 3 is 2.95 bits per heavy atom. The van der Waals surface area contributed by atoms with Crippen molar-refractivity contribution in [2.24, 2.45) is 0 Å². The van der Waals surface area contributed by atoms with Crippen molar-refractivity contribution in [2.45, 2.75) is 57.7 Å². The van der Waals surface area contributed by atoms with Gasteiger partial charge in [-0.3, -0.25) is 0 Å². The largest absolute Gasteiger partial charge is 0.337 e. The fourth-order valence-electron chi connectivity index (χ4n) is 3.28. The Labute approximate surface area is 125 Å². The molecule has 0 amide bonds. The molecule has 0 atom stereocenters. The van der Waals surface area contributed by atoms with Crippen LogP contribution in [0.4, 0.5) is 0 Å². The molecule has 3 heterocycles. The van der Waals surface area contributed by atoms with Gasteiger partial charge in [-0.25, -0.2) is 9.97 Å². The zero-order chi connectivity index (χ0) is 14.1. The summed E-state index contributed by atoms with van der Waals surface area (Å²) in [5.74, 6) is 2.11. The van der Waals surface area contributed by atoms with Crippen LogP contribution in [0.5, 0.6) is 0 Å². The molecule has 1 aliphatic heterocycles. The molecule has 0 aromatic carbocycles. The molecule has 5 heteroatoms. The number of unbranched alkanes of at least 4 members (excludes halogenated alkanes) is 1. The summed E-state index contributed by atoms with van der Waals surface area (Å²) in [4.78, 5) is 9.02. The maximum Gasteiger partial charge on any atom is 0.112 e. The molecule has 1 saturated carbocycles. The van der Waals surface area contributed by atoms with Crippen LogP contribution in [-0.2, 0) is 26.1 Å². The zero-order valence-electron chi connectivity index (χ0n) is 12.5. The maximum atomic E-state index is 4.93. The van der Waals surface area contributed by atoms with Gasteiger partial charge >= 0.3 is 0 Å². The van der Waals surface area contributed by atoms with Crippen LogP contribution in [0.3, 0.4) is 0 Å². The van der Waals surface area contributed by atoms with E-state index in [1.807, 2.05) is 18.7 Å². The van der Waals surface area contributed by atoms with E-state index >= 15 is 0 Å². The minimum Gasteiger partial charge on any atom is -0.337 e. The van der Waals surface area contributed by atoms with Crippen molar-refractivity contribution in [3.63, 3.8) is 0 Å². The molecular weight excluding hydrogens is 262 g/mol. The molecule has 0 radical (unpaired) electrons. The second kappa shape index (κ2) is 5.64. The fourth-order valence-corrected chi connectivity index (χ4v) is 3.28. The molecule has 112 valence electrons. The molecular formula is C16H23N5. The summed E-state index contributed by atoms with van der Waals surface area (Å²) < 4.78 is 4.71. The van der Waals surface area contributed by atoms with Crippen LogP contribution < -0.4 is 5.32 Å². The summed E-state index contributed by atoms with van der Waals surface area (Å²) in [6.07, 6.45) is 12.0. The average molecular weight is 285 g/mol. The molecule has 1 N–H and O–H groups in total. The van der Waals surface area contributed by atoms with Crippen LogP contribution in [0, 0.1) is 0 Å². The molecule has 2 aliphatic rings. The molecule has 0 spiro atoms. The lowest BCUT2D eigenvalue weighted by Gasteiger charge is -2.16. The molecule has 5 nitrogen and oxygen atoms in total. The average Bonchev–Trinajstić information content (AvgIpc) is 3.09. The Bertz CT molecular complexity index is 594. The number of rotatable bonds is 6. The molecule has 0 saturated heterocycles. The summed E-state index contributed by atoms with van der Waals surface area (Å²) in [6, 6.07) is 0. The van der Waals surface area contributed by atoms with Gasteiger partial charge in [0.2, 0.25) is 0 Å². The predicted molar refractivity (Wildman–Crippen MR) is 81.1 cm³/mol. The Hall–Kier alpha value is -1.62. The van der Waals surface area contributed by atoms with Crippen molar-refractivity contribution in [3.8, 4) is 0 Å². The first-order valence-electron chi connectivity index (χ1n) is 8.16. The van der Waals surface area contributed by atoms with Crippen molar-refractivity contribution in [3.05, 3.63) is 35.9 Å². The van der Waals surface area contributed by atoms with Gasteiger partial charge < -0.3 is 14.5 Å². The van der Waals surface area contributed by atoms with Gasteiger partial charge in [-0.1, -0.05) is 0 Å². The normalized spacial score (nSPS) is 17.9. The first-order chi connectivity index (χ1) is 10.4. The van der Waals surface area contributed by atoms with E-state index in [1.54, 1.807) is 0 Å². The van der Waals surface area contributed by atoms with Crippen LogP contribution >= 0.6 is 0 Å². The van der Waals surface area contributed by atoms with Crippen LogP contribution in [-0.4, -0.2) is 25.6 Å². The molecule has 1 aliphatic carbocycles. The second-order valence-electron chi connectivity index (χ2n) is 6.22. The number of nitrogens with one attached hydrogen (secondary N) is 1. The van der Waals surface area contributed by atoms with Crippen molar-refractivity contribution in [1.29, 1.82) is 0 Å². The van der Waals surface area contributed by atoms with E-state index in [9.17, 15) is 0 Å². The lowest BCUT2D eigenvalue weighted by atomic mass is 10.2. The molecule has 0 unspecified atom stereocenters. The number of aryl methyl sites for hydroxylation is 1. The first kappa shape index (κ1) is 13.1. The third kappa shape index (κ3) is 2.75. The third-order valence-corrected chi connectivity index (χ3v) is 4.57. The summed E-state index contributed by atoms with van der Waals surface area (Å²) >= 11 is 0. The van der Waals surface area contributed by atoms with Gasteiger partial charge in [0.1, 0.15) is 5.82 Å². The first-order valence-corrected chi connectivity index (χ1v) is 8.16. The Kier molecular flexibility index (Phi) is 3.51. The zero-order valence-corrected chi connectivity index (χ0v) is 12.5. The van der Waals surface area contributed by atoms with Gasteiger partial charge in [0, 0.05) is 56.6 Å². The van der Waals surface area contributed by atoms with Gasteiger partial charge in [-0.15, -0.1) is 0 Å². The summed E-state index contributed by atoms with van der Waals surface area (Å²) in [7, 11) is 0. The molecule has 1 fully saturated rings. The predicted octanol–water partition coefficient (Wildman–Crippen LogP) is 2.08. The number of hydrogen-bond donors (Lipinski definition) is 1. The number of imidazole rings is 2. The lowest BCUT2D eigenvalue weighted by Crippen LogP contribution is -2.25. The van der Waals surface area contributed by atoms with E-state index in [2.05, 4.69) is 19.4 Å². The monoisotopic (exact) mass is 285 g/mol. The summed E-state index contributed by atoms with van der Waals surface area (Å²) in [6.45, 7) is 4.25. The fraction of sp³-hybridized carbons (Fsp3) is 0.625. The van der Waals surface area contributed by atoms with E-state index in [-0.39, 0.29) is 0 Å². The summed E-state index contributed by atoms with van der Waals surface area (Å²) in [5, 5.41) is 3.44. The smallest absolute Gasteiger partial charge is 0.112 e.